The van der Waals surface area contributed by atoms with Crippen molar-refractivity contribution in [3.63, 3.8) is 0 Å². The second-order valence-electron chi connectivity index (χ2n) is 4.61. The maximum absolute atomic E-state index is 2.31. The van der Waals surface area contributed by atoms with Gasteiger partial charge in [0.15, 0.2) is 0 Å². The average Bonchev–Trinajstić information content (AvgIpc) is 2.87. The van der Waals surface area contributed by atoms with Gasteiger partial charge in [0.25, 0.3) is 0 Å². The monoisotopic (exact) mass is 174 g/mol. The molecule has 1 aromatic carbocycles. The first-order valence-corrected chi connectivity index (χ1v) is 5.34. The molecule has 1 fully saturated rings. The molecule has 0 nitrogen and oxygen atoms in total. The fraction of sp³-hybridized carbons (Fsp3) is 0.538. The van der Waals surface area contributed by atoms with Crippen LogP contribution in [0.1, 0.15) is 43.7 Å². The highest BCUT2D eigenvalue weighted by atomic mass is 14.3. The third-order valence-electron chi connectivity index (χ3n) is 2.67. The van der Waals surface area contributed by atoms with Gasteiger partial charge in [0.1, 0.15) is 0 Å². The minimum absolute atomic E-state index is 0.770. The third-order valence-corrected chi connectivity index (χ3v) is 2.67. The highest BCUT2D eigenvalue weighted by molar-refractivity contribution is 5.28. The molecule has 0 amide bonds. The van der Waals surface area contributed by atoms with Crippen molar-refractivity contribution in [2.75, 3.05) is 0 Å². The predicted molar refractivity (Wildman–Crippen MR) is 57.0 cm³/mol. The molecule has 0 bridgehead atoms. The van der Waals surface area contributed by atoms with Crippen molar-refractivity contribution in [1.82, 2.24) is 0 Å². The van der Waals surface area contributed by atoms with E-state index in [9.17, 15) is 0 Å². The van der Waals surface area contributed by atoms with E-state index in [-0.39, 0.29) is 0 Å². The molecule has 2 rings (SSSR count). The third kappa shape index (κ3) is 2.33. The average molecular weight is 174 g/mol. The Morgan fingerprint density at radius 3 is 2.23 bits per heavy atom. The van der Waals surface area contributed by atoms with Gasteiger partial charge in [-0.3, -0.25) is 0 Å². The van der Waals surface area contributed by atoms with E-state index in [1.807, 2.05) is 0 Å². The molecule has 0 atom stereocenters. The highest BCUT2D eigenvalue weighted by Crippen LogP contribution is 2.39. The van der Waals surface area contributed by atoms with E-state index in [0.717, 1.165) is 11.8 Å². The van der Waals surface area contributed by atoms with Crippen LogP contribution < -0.4 is 0 Å². The van der Waals surface area contributed by atoms with Crippen molar-refractivity contribution in [2.45, 2.75) is 39.0 Å². The lowest BCUT2D eigenvalue weighted by molar-refractivity contribution is 0.647. The van der Waals surface area contributed by atoms with Crippen LogP contribution in [0.25, 0.3) is 0 Å². The smallest absolute Gasteiger partial charge is 0.0162 e. The lowest BCUT2D eigenvalue weighted by Crippen LogP contribution is -1.93. The molecule has 70 valence electrons. The van der Waals surface area contributed by atoms with E-state index in [1.165, 1.54) is 24.8 Å². The Hall–Kier alpha value is -0.780. The molecule has 0 saturated heterocycles. The highest BCUT2D eigenvalue weighted by Gasteiger charge is 2.22. The van der Waals surface area contributed by atoms with Crippen LogP contribution in [0, 0.1) is 5.92 Å². The predicted octanol–water partition coefficient (Wildman–Crippen LogP) is 3.76. The topological polar surface area (TPSA) is 0 Å². The Labute approximate surface area is 81.0 Å². The summed E-state index contributed by atoms with van der Waals surface area (Å²) in [5.74, 6) is 1.67. The zero-order chi connectivity index (χ0) is 9.26. The van der Waals surface area contributed by atoms with E-state index in [0.29, 0.717) is 0 Å². The molecular formula is C13H18. The van der Waals surface area contributed by atoms with E-state index >= 15 is 0 Å². The summed E-state index contributed by atoms with van der Waals surface area (Å²) in [5, 5.41) is 0. The lowest BCUT2D eigenvalue weighted by Gasteiger charge is -2.05. The van der Waals surface area contributed by atoms with Crippen LogP contribution >= 0.6 is 0 Å². The molecule has 0 radical (unpaired) electrons. The van der Waals surface area contributed by atoms with Crippen molar-refractivity contribution in [3.8, 4) is 0 Å². The summed E-state index contributed by atoms with van der Waals surface area (Å²) in [6.45, 7) is 4.55. The second kappa shape index (κ2) is 3.53. The summed E-state index contributed by atoms with van der Waals surface area (Å²) >= 11 is 0. The van der Waals surface area contributed by atoms with Gasteiger partial charge in [-0.05, 0) is 42.2 Å². The van der Waals surface area contributed by atoms with Gasteiger partial charge in [-0.2, -0.15) is 0 Å². The Balaban J connectivity index is 2.04. The Kier molecular flexibility index (Phi) is 2.39. The number of hydrogen-bond donors (Lipinski definition) is 0. The van der Waals surface area contributed by atoms with E-state index < -0.39 is 0 Å². The van der Waals surface area contributed by atoms with Crippen molar-refractivity contribution in [3.05, 3.63) is 35.4 Å². The Bertz CT molecular complexity index is 265. The first kappa shape index (κ1) is 8.80. The first-order chi connectivity index (χ1) is 6.25. The lowest BCUT2D eigenvalue weighted by atomic mass is 10.0. The van der Waals surface area contributed by atoms with Crippen molar-refractivity contribution >= 4 is 0 Å². The quantitative estimate of drug-likeness (QED) is 0.654. The van der Waals surface area contributed by atoms with Gasteiger partial charge in [0.2, 0.25) is 0 Å². The zero-order valence-corrected chi connectivity index (χ0v) is 8.59. The largest absolute Gasteiger partial charge is 0.0625 e. The zero-order valence-electron chi connectivity index (χ0n) is 8.59. The number of rotatable bonds is 3. The van der Waals surface area contributed by atoms with E-state index in [1.54, 1.807) is 5.56 Å². The van der Waals surface area contributed by atoms with Gasteiger partial charge in [-0.15, -0.1) is 0 Å². The molecule has 0 heteroatoms. The second-order valence-corrected chi connectivity index (χ2v) is 4.61. The van der Waals surface area contributed by atoms with Crippen LogP contribution in [0.3, 0.4) is 0 Å². The van der Waals surface area contributed by atoms with Gasteiger partial charge in [0, 0.05) is 0 Å². The molecule has 1 aliphatic carbocycles. The van der Waals surface area contributed by atoms with E-state index in [2.05, 4.69) is 38.1 Å². The number of hydrogen-bond acceptors (Lipinski definition) is 0. The van der Waals surface area contributed by atoms with Crippen molar-refractivity contribution in [2.24, 2.45) is 5.92 Å². The summed E-state index contributed by atoms with van der Waals surface area (Å²) < 4.78 is 0. The summed E-state index contributed by atoms with van der Waals surface area (Å²) in [5.41, 5.74) is 3.03. The fourth-order valence-corrected chi connectivity index (χ4v) is 1.81. The van der Waals surface area contributed by atoms with Crippen LogP contribution in [-0.2, 0) is 6.42 Å². The summed E-state index contributed by atoms with van der Waals surface area (Å²) in [6.07, 6.45) is 4.03. The van der Waals surface area contributed by atoms with Crippen molar-refractivity contribution in [1.29, 1.82) is 0 Å². The Morgan fingerprint density at radius 1 is 1.15 bits per heavy atom. The van der Waals surface area contributed by atoms with Gasteiger partial charge in [-0.25, -0.2) is 0 Å². The maximum Gasteiger partial charge on any atom is -0.0162 e. The molecule has 1 saturated carbocycles. The molecular weight excluding hydrogens is 156 g/mol. The first-order valence-electron chi connectivity index (χ1n) is 5.34. The summed E-state index contributed by atoms with van der Waals surface area (Å²) in [7, 11) is 0. The molecule has 0 aliphatic heterocycles. The van der Waals surface area contributed by atoms with Gasteiger partial charge >= 0.3 is 0 Å². The van der Waals surface area contributed by atoms with Crippen LogP contribution in [0.15, 0.2) is 24.3 Å². The molecule has 0 N–H and O–H groups in total. The Morgan fingerprint density at radius 2 is 1.77 bits per heavy atom. The minimum Gasteiger partial charge on any atom is -0.0625 e. The normalized spacial score (nSPS) is 16.5. The van der Waals surface area contributed by atoms with Crippen molar-refractivity contribution < 1.29 is 0 Å². The fourth-order valence-electron chi connectivity index (χ4n) is 1.81. The van der Waals surface area contributed by atoms with Gasteiger partial charge in [-0.1, -0.05) is 38.1 Å². The van der Waals surface area contributed by atoms with Crippen LogP contribution in [-0.4, -0.2) is 0 Å². The SMILES string of the molecule is CC(C)Cc1ccc(C2CC2)cc1. The van der Waals surface area contributed by atoms with Gasteiger partial charge < -0.3 is 0 Å². The molecule has 13 heavy (non-hydrogen) atoms. The molecule has 0 aromatic heterocycles. The summed E-state index contributed by atoms with van der Waals surface area (Å²) in [4.78, 5) is 0. The maximum atomic E-state index is 2.31. The van der Waals surface area contributed by atoms with Crippen LogP contribution in [0.2, 0.25) is 0 Å². The molecule has 0 unspecified atom stereocenters. The van der Waals surface area contributed by atoms with Gasteiger partial charge in [0.05, 0.1) is 0 Å². The molecule has 0 spiro atoms. The number of benzene rings is 1. The molecule has 1 aliphatic rings. The summed E-state index contributed by atoms with van der Waals surface area (Å²) in [6, 6.07) is 9.23. The molecule has 0 heterocycles. The minimum atomic E-state index is 0.770. The van der Waals surface area contributed by atoms with Crippen LogP contribution in [0.5, 0.6) is 0 Å². The van der Waals surface area contributed by atoms with E-state index in [4.69, 9.17) is 0 Å². The van der Waals surface area contributed by atoms with Crippen LogP contribution in [0.4, 0.5) is 0 Å². The molecule has 1 aromatic rings. The standard InChI is InChI=1S/C13H18/c1-10(2)9-11-3-5-12(6-4-11)13-7-8-13/h3-6,10,13H,7-9H2,1-2H3.